The fraction of sp³-hybridized carbons (Fsp3) is 0.0909. The summed E-state index contributed by atoms with van der Waals surface area (Å²) in [5.41, 5.74) is 6.43. The van der Waals surface area contributed by atoms with Gasteiger partial charge in [0.25, 0.3) is 0 Å². The molecule has 1 aliphatic rings. The summed E-state index contributed by atoms with van der Waals surface area (Å²) in [6.45, 7) is 4.23. The Hall–Kier alpha value is -8.62. The van der Waals surface area contributed by atoms with Crippen molar-refractivity contribution in [2.24, 2.45) is 5.92 Å². The molecule has 11 rings (SSSR count). The highest BCUT2D eigenvalue weighted by Gasteiger charge is 2.46. The highest BCUT2D eigenvalue weighted by Crippen LogP contribution is 2.49. The minimum absolute atomic E-state index is 0.0650. The van der Waals surface area contributed by atoms with Crippen LogP contribution in [-0.2, 0) is 12.4 Å². The van der Waals surface area contributed by atoms with Crippen LogP contribution in [0, 0.1) is 12.8 Å². The molecule has 1 unspecified atom stereocenters. The van der Waals surface area contributed by atoms with Gasteiger partial charge in [0, 0.05) is 33.5 Å². The Morgan fingerprint density at radius 3 is 1.28 bits per heavy atom. The van der Waals surface area contributed by atoms with Crippen molar-refractivity contribution in [2.45, 2.75) is 32.6 Å². The molecule has 10 aromatic rings. The zero-order chi connectivity index (χ0) is 51.1. The van der Waals surface area contributed by atoms with Crippen LogP contribution < -0.4 is 9.80 Å². The molecule has 0 saturated heterocycles. The van der Waals surface area contributed by atoms with Crippen molar-refractivity contribution in [1.29, 1.82) is 0 Å². The van der Waals surface area contributed by atoms with E-state index in [1.165, 1.54) is 12.1 Å². The van der Waals surface area contributed by atoms with Gasteiger partial charge >= 0.3 is 12.4 Å². The van der Waals surface area contributed by atoms with Gasteiger partial charge in [0.05, 0.1) is 22.5 Å². The Morgan fingerprint density at radius 2 is 0.824 bits per heavy atom. The van der Waals surface area contributed by atoms with Crippen LogP contribution in [0.25, 0.3) is 67.4 Å². The van der Waals surface area contributed by atoms with E-state index in [1.807, 2.05) is 97.9 Å². The van der Waals surface area contributed by atoms with Crippen molar-refractivity contribution in [2.75, 3.05) is 9.80 Å². The molecule has 0 bridgehead atoms. The molecule has 2 nitrogen and oxygen atoms in total. The van der Waals surface area contributed by atoms with Crippen LogP contribution in [0.5, 0.6) is 0 Å². The van der Waals surface area contributed by atoms with Crippen molar-refractivity contribution >= 4 is 95.8 Å². The molecule has 0 radical (unpaired) electrons. The lowest BCUT2D eigenvalue weighted by Crippen LogP contribution is -2.18. The maximum absolute atomic E-state index is 14.9. The van der Waals surface area contributed by atoms with Crippen molar-refractivity contribution in [3.8, 4) is 0 Å². The van der Waals surface area contributed by atoms with E-state index in [9.17, 15) is 26.3 Å². The summed E-state index contributed by atoms with van der Waals surface area (Å²) in [5.74, 6) is 0.430. The fourth-order valence-corrected chi connectivity index (χ4v) is 10.2. The second-order valence-corrected chi connectivity index (χ2v) is 18.9. The maximum atomic E-state index is 14.9. The second kappa shape index (κ2) is 19.4. The third-order valence-corrected chi connectivity index (χ3v) is 13.8. The van der Waals surface area contributed by atoms with Gasteiger partial charge in [0.2, 0.25) is 0 Å². The lowest BCUT2D eigenvalue weighted by Gasteiger charge is -2.29. The van der Waals surface area contributed by atoms with Crippen LogP contribution in [0.4, 0.5) is 54.8 Å². The molecule has 0 amide bonds. The zero-order valence-electron chi connectivity index (χ0n) is 40.5. The molecule has 0 spiro atoms. The van der Waals surface area contributed by atoms with Gasteiger partial charge in [0.15, 0.2) is 0 Å². The lowest BCUT2D eigenvalue weighted by molar-refractivity contribution is -0.160. The smallest absolute Gasteiger partial charge is 0.310 e. The molecular formula is C66H48F6N2. The Kier molecular flexibility index (Phi) is 12.5. The molecule has 0 aliphatic heterocycles. The average Bonchev–Trinajstić information content (AvgIpc) is 3.40. The van der Waals surface area contributed by atoms with Crippen molar-refractivity contribution in [3.63, 3.8) is 0 Å². The monoisotopic (exact) mass is 982 g/mol. The topological polar surface area (TPSA) is 6.48 Å². The Morgan fingerprint density at radius 1 is 0.419 bits per heavy atom. The number of nitrogens with zero attached hydrogens (tertiary/aromatic N) is 2. The van der Waals surface area contributed by atoms with Crippen LogP contribution in [0.3, 0.4) is 0 Å². The first kappa shape index (κ1) is 47.7. The quantitative estimate of drug-likeness (QED) is 0.0765. The van der Waals surface area contributed by atoms with Crippen LogP contribution >= 0.6 is 0 Å². The van der Waals surface area contributed by atoms with Crippen molar-refractivity contribution in [1.82, 2.24) is 0 Å². The van der Waals surface area contributed by atoms with Gasteiger partial charge in [-0.05, 0) is 141 Å². The molecule has 10 aromatic carbocycles. The number of rotatable bonds is 10. The first-order chi connectivity index (χ1) is 35.8. The summed E-state index contributed by atoms with van der Waals surface area (Å²) in [6.07, 6.45) is 4.19. The normalized spacial score (nSPS) is 14.2. The van der Waals surface area contributed by atoms with Gasteiger partial charge in [0.1, 0.15) is 0 Å². The molecule has 1 aliphatic carbocycles. The first-order valence-electron chi connectivity index (χ1n) is 24.5. The standard InChI is InChI=1S/C66H48F6N2/c1-43-17-31-51(32-18-43)73(61-15-7-11-49-9-3-5-13-55(49)61)53-35-25-45(26-36-53)21-23-47-29-39-57-59(41-47)60-42-48(30-40-58(60)64(66(70,71)72)63(57)65(67,68)69)24-22-46-27-37-54(38-28-46)74(52-33-19-44(2)20-34-52)62-16-8-12-50-10-4-6-14-56(50)62/h3-19,21-42,44H,20H2,1-2H3/b23-21-,24-22+. The summed E-state index contributed by atoms with van der Waals surface area (Å²) < 4.78 is 89.5. The minimum Gasteiger partial charge on any atom is -0.310 e. The number of hydrogen-bond donors (Lipinski definition) is 0. The van der Waals surface area contributed by atoms with E-state index in [1.54, 1.807) is 24.3 Å². The number of benzene rings is 10. The summed E-state index contributed by atoms with van der Waals surface area (Å²) in [6, 6.07) is 61.5. The van der Waals surface area contributed by atoms with E-state index in [4.69, 9.17) is 0 Å². The Balaban J connectivity index is 0.936. The number of alkyl halides is 6. The number of fused-ring (bicyclic) bond motifs is 5. The van der Waals surface area contributed by atoms with E-state index < -0.39 is 34.3 Å². The minimum atomic E-state index is -5.29. The fourth-order valence-electron chi connectivity index (χ4n) is 10.2. The first-order valence-corrected chi connectivity index (χ1v) is 24.5. The van der Waals surface area contributed by atoms with Gasteiger partial charge in [-0.1, -0.05) is 182 Å². The largest absolute Gasteiger partial charge is 0.417 e. The molecule has 74 heavy (non-hydrogen) atoms. The molecule has 0 fully saturated rings. The van der Waals surface area contributed by atoms with E-state index in [0.29, 0.717) is 17.0 Å². The molecule has 0 aromatic heterocycles. The summed E-state index contributed by atoms with van der Waals surface area (Å²) in [7, 11) is 0. The van der Waals surface area contributed by atoms with E-state index in [-0.39, 0.29) is 10.8 Å². The van der Waals surface area contributed by atoms with E-state index >= 15 is 0 Å². The van der Waals surface area contributed by atoms with Gasteiger partial charge in [-0.25, -0.2) is 0 Å². The number of allylic oxidation sites excluding steroid dienone is 3. The van der Waals surface area contributed by atoms with Gasteiger partial charge < -0.3 is 9.80 Å². The predicted molar refractivity (Wildman–Crippen MR) is 296 cm³/mol. The molecule has 1 atom stereocenters. The van der Waals surface area contributed by atoms with Crippen LogP contribution in [0.15, 0.2) is 218 Å². The highest BCUT2D eigenvalue weighted by molar-refractivity contribution is 6.12. The van der Waals surface area contributed by atoms with Crippen LogP contribution in [0.1, 0.15) is 52.3 Å². The molecule has 0 saturated carbocycles. The third kappa shape index (κ3) is 9.47. The highest BCUT2D eigenvalue weighted by atomic mass is 19.4. The zero-order valence-corrected chi connectivity index (χ0v) is 40.5. The number of hydrogen-bond acceptors (Lipinski definition) is 2. The summed E-state index contributed by atoms with van der Waals surface area (Å²) >= 11 is 0. The van der Waals surface area contributed by atoms with Crippen molar-refractivity contribution in [3.05, 3.63) is 257 Å². The third-order valence-electron chi connectivity index (χ3n) is 13.8. The number of halogens is 6. The molecule has 0 N–H and O–H groups in total. The molecule has 364 valence electrons. The van der Waals surface area contributed by atoms with Crippen LogP contribution in [0.2, 0.25) is 0 Å². The lowest BCUT2D eigenvalue weighted by atomic mass is 9.89. The Bertz CT molecular complexity index is 3850. The van der Waals surface area contributed by atoms with E-state index in [2.05, 4.69) is 114 Å². The SMILES string of the molecule is Cc1ccc(N(c2ccc(/C=C\c3ccc4c(C(F)(F)F)c(C(F)(F)F)c5ccc(/C=C/c6ccc(N(C7=CCC(C)C=C7)c7cccc8ccccc78)cc6)cc5c4c3)cc2)c2cccc3ccccc23)cc1. The van der Waals surface area contributed by atoms with Gasteiger partial charge in [-0.3, -0.25) is 0 Å². The second-order valence-electron chi connectivity index (χ2n) is 18.9. The Labute approximate surface area is 425 Å². The maximum Gasteiger partial charge on any atom is 0.417 e. The molecule has 0 heterocycles. The number of aryl methyl sites for hydroxylation is 1. The van der Waals surface area contributed by atoms with Crippen molar-refractivity contribution < 1.29 is 26.3 Å². The molecule has 8 heteroatoms. The predicted octanol–water partition coefficient (Wildman–Crippen LogP) is 20.1. The molecular weight excluding hydrogens is 935 g/mol. The number of anilines is 5. The van der Waals surface area contributed by atoms with Gasteiger partial charge in [-0.2, -0.15) is 26.3 Å². The summed E-state index contributed by atoms with van der Waals surface area (Å²) in [4.78, 5) is 4.44. The van der Waals surface area contributed by atoms with E-state index in [0.717, 1.165) is 90.9 Å². The average molecular weight is 983 g/mol. The van der Waals surface area contributed by atoms with Crippen LogP contribution in [-0.4, -0.2) is 0 Å². The summed E-state index contributed by atoms with van der Waals surface area (Å²) in [5, 5.41) is 3.52. The van der Waals surface area contributed by atoms with Gasteiger partial charge in [-0.15, -0.1) is 0 Å².